The number of rotatable bonds is 3. The Morgan fingerprint density at radius 1 is 0.647 bits per heavy atom. The van der Waals surface area contributed by atoms with Gasteiger partial charge in [-0.05, 0) is 40.0 Å². The first-order chi connectivity index (χ1) is 7.91. The van der Waals surface area contributed by atoms with Crippen LogP contribution in [0.1, 0.15) is 53.9 Å². The van der Waals surface area contributed by atoms with Gasteiger partial charge in [-0.1, -0.05) is 13.8 Å². The van der Waals surface area contributed by atoms with Crippen molar-refractivity contribution in [2.45, 2.75) is 53.9 Å². The number of carbonyl (C=O) groups excluding carboxylic acids is 3. The van der Waals surface area contributed by atoms with Gasteiger partial charge in [0.05, 0.1) is 0 Å². The summed E-state index contributed by atoms with van der Waals surface area (Å²) in [4.78, 5) is 33.9. The first kappa shape index (κ1) is 16.0. The van der Waals surface area contributed by atoms with Crippen LogP contribution in [0.2, 0.25) is 0 Å². The molecule has 0 aromatic rings. The average molecular weight is 240 g/mol. The summed E-state index contributed by atoms with van der Waals surface area (Å²) in [6.45, 7) is 8.64. The third kappa shape index (κ3) is 4.80. The first-order valence-corrected chi connectivity index (χ1v) is 6.43. The molecule has 1 saturated carbocycles. The summed E-state index contributed by atoms with van der Waals surface area (Å²) in [7, 11) is 0. The molecule has 98 valence electrons. The summed E-state index contributed by atoms with van der Waals surface area (Å²) in [5, 5.41) is 0. The Balaban J connectivity index is 0.00000121. The Hall–Kier alpha value is -0.990. The van der Waals surface area contributed by atoms with E-state index < -0.39 is 0 Å². The number of Topliss-reactive ketones (excluding diaryl/α,β-unsaturated/α-hetero) is 3. The molecule has 0 amide bonds. The fraction of sp³-hybridized carbons (Fsp3) is 0.786. The summed E-state index contributed by atoms with van der Waals surface area (Å²) in [5.74, 6) is 0.0243. The first-order valence-electron chi connectivity index (χ1n) is 6.43. The minimum Gasteiger partial charge on any atom is -0.300 e. The second-order valence-corrected chi connectivity index (χ2v) is 4.63. The number of hydrogen-bond acceptors (Lipinski definition) is 3. The van der Waals surface area contributed by atoms with Crippen molar-refractivity contribution in [1.29, 1.82) is 0 Å². The van der Waals surface area contributed by atoms with Crippen molar-refractivity contribution < 1.29 is 14.4 Å². The smallest absolute Gasteiger partial charge is 0.132 e. The topological polar surface area (TPSA) is 51.2 Å². The maximum absolute atomic E-state index is 11.3. The summed E-state index contributed by atoms with van der Waals surface area (Å²) < 4.78 is 0. The molecule has 1 aliphatic carbocycles. The predicted octanol–water partition coefficient (Wildman–Crippen LogP) is 2.81. The minimum atomic E-state index is -0.0958. The highest BCUT2D eigenvalue weighted by Crippen LogP contribution is 2.34. The molecule has 0 aromatic carbocycles. The van der Waals surface area contributed by atoms with Gasteiger partial charge in [-0.3, -0.25) is 14.4 Å². The quantitative estimate of drug-likeness (QED) is 0.762. The van der Waals surface area contributed by atoms with Crippen LogP contribution in [-0.2, 0) is 14.4 Å². The Kier molecular flexibility index (Phi) is 6.93. The molecule has 0 unspecified atom stereocenters. The zero-order valence-corrected chi connectivity index (χ0v) is 11.6. The summed E-state index contributed by atoms with van der Waals surface area (Å²) >= 11 is 0. The lowest BCUT2D eigenvalue weighted by Crippen LogP contribution is -2.33. The molecule has 0 aliphatic heterocycles. The monoisotopic (exact) mass is 240 g/mol. The van der Waals surface area contributed by atoms with Crippen LogP contribution < -0.4 is 0 Å². The average Bonchev–Trinajstić information content (AvgIpc) is 2.30. The van der Waals surface area contributed by atoms with E-state index >= 15 is 0 Å². The van der Waals surface area contributed by atoms with Crippen LogP contribution in [0.3, 0.4) is 0 Å². The second kappa shape index (κ2) is 7.36. The van der Waals surface area contributed by atoms with E-state index in [1.165, 1.54) is 0 Å². The molecule has 17 heavy (non-hydrogen) atoms. The molecule has 0 spiro atoms. The molecule has 3 nitrogen and oxygen atoms in total. The maximum atomic E-state index is 11.3. The Morgan fingerprint density at radius 3 is 0.941 bits per heavy atom. The molecule has 0 N–H and O–H groups in total. The van der Waals surface area contributed by atoms with Gasteiger partial charge in [0.25, 0.3) is 0 Å². The Bertz CT molecular complexity index is 240. The zero-order chi connectivity index (χ0) is 13.6. The van der Waals surface area contributed by atoms with E-state index in [1.807, 2.05) is 13.8 Å². The van der Waals surface area contributed by atoms with E-state index in [0.717, 1.165) is 0 Å². The SMILES string of the molecule is CC.CC(=O)C1CC(C(C)=O)CC(C(C)=O)C1. The molecule has 0 atom stereocenters. The van der Waals surface area contributed by atoms with Gasteiger partial charge in [0.1, 0.15) is 17.3 Å². The fourth-order valence-electron chi connectivity index (χ4n) is 2.31. The van der Waals surface area contributed by atoms with Gasteiger partial charge >= 0.3 is 0 Å². The van der Waals surface area contributed by atoms with E-state index in [9.17, 15) is 14.4 Å². The van der Waals surface area contributed by atoms with Crippen LogP contribution in [0.15, 0.2) is 0 Å². The summed E-state index contributed by atoms with van der Waals surface area (Å²) in [6.07, 6.45) is 1.90. The number of hydrogen-bond donors (Lipinski definition) is 0. The third-order valence-electron chi connectivity index (χ3n) is 3.43. The lowest BCUT2D eigenvalue weighted by Gasteiger charge is -2.31. The molecule has 0 radical (unpaired) electrons. The molecule has 1 aliphatic rings. The largest absolute Gasteiger partial charge is 0.300 e. The number of ketones is 3. The second-order valence-electron chi connectivity index (χ2n) is 4.63. The molecule has 0 bridgehead atoms. The van der Waals surface area contributed by atoms with Gasteiger partial charge in [0.2, 0.25) is 0 Å². The van der Waals surface area contributed by atoms with Crippen molar-refractivity contribution >= 4 is 17.3 Å². The molecule has 0 aromatic heterocycles. The maximum Gasteiger partial charge on any atom is 0.132 e. The summed E-state index contributed by atoms with van der Waals surface area (Å²) in [5.41, 5.74) is 0. The van der Waals surface area contributed by atoms with Crippen LogP contribution in [0.4, 0.5) is 0 Å². The molecule has 0 saturated heterocycles. The van der Waals surface area contributed by atoms with Crippen molar-refractivity contribution in [3.63, 3.8) is 0 Å². The highest BCUT2D eigenvalue weighted by atomic mass is 16.1. The van der Waals surface area contributed by atoms with E-state index in [1.54, 1.807) is 20.8 Å². The molecular formula is C14H24O3. The van der Waals surface area contributed by atoms with Crippen molar-refractivity contribution in [2.24, 2.45) is 17.8 Å². The van der Waals surface area contributed by atoms with Gasteiger partial charge in [-0.15, -0.1) is 0 Å². The highest BCUT2D eigenvalue weighted by molar-refractivity contribution is 5.85. The van der Waals surface area contributed by atoms with E-state index in [0.29, 0.717) is 19.3 Å². The zero-order valence-electron chi connectivity index (χ0n) is 11.6. The van der Waals surface area contributed by atoms with Crippen LogP contribution in [0.5, 0.6) is 0 Å². The molecule has 1 fully saturated rings. The van der Waals surface area contributed by atoms with Gasteiger partial charge in [-0.25, -0.2) is 0 Å². The molecule has 1 rings (SSSR count). The highest BCUT2D eigenvalue weighted by Gasteiger charge is 2.34. The number of carbonyl (C=O) groups is 3. The minimum absolute atomic E-state index is 0.0958. The van der Waals surface area contributed by atoms with Crippen molar-refractivity contribution in [1.82, 2.24) is 0 Å². The fourth-order valence-corrected chi connectivity index (χ4v) is 2.31. The van der Waals surface area contributed by atoms with Crippen molar-refractivity contribution in [2.75, 3.05) is 0 Å². The van der Waals surface area contributed by atoms with Crippen LogP contribution in [-0.4, -0.2) is 17.3 Å². The van der Waals surface area contributed by atoms with Gasteiger partial charge < -0.3 is 0 Å². The third-order valence-corrected chi connectivity index (χ3v) is 3.43. The van der Waals surface area contributed by atoms with Gasteiger partial charge in [0, 0.05) is 17.8 Å². The molecule has 3 heteroatoms. The standard InChI is InChI=1S/C12H18O3.C2H6/c1-7(13)10-4-11(8(2)14)6-12(5-10)9(3)15;1-2/h10-12H,4-6H2,1-3H3;1-2H3. The predicted molar refractivity (Wildman–Crippen MR) is 67.7 cm³/mol. The van der Waals surface area contributed by atoms with Crippen LogP contribution in [0, 0.1) is 17.8 Å². The molecule has 0 heterocycles. The lowest BCUT2D eigenvalue weighted by atomic mass is 9.71. The van der Waals surface area contributed by atoms with Crippen LogP contribution in [0.25, 0.3) is 0 Å². The van der Waals surface area contributed by atoms with E-state index in [2.05, 4.69) is 0 Å². The van der Waals surface area contributed by atoms with Gasteiger partial charge in [-0.2, -0.15) is 0 Å². The van der Waals surface area contributed by atoms with E-state index in [-0.39, 0.29) is 35.1 Å². The Morgan fingerprint density at radius 2 is 0.824 bits per heavy atom. The normalized spacial score (nSPS) is 27.7. The van der Waals surface area contributed by atoms with Gasteiger partial charge in [0.15, 0.2) is 0 Å². The van der Waals surface area contributed by atoms with E-state index in [4.69, 9.17) is 0 Å². The van der Waals surface area contributed by atoms with Crippen molar-refractivity contribution in [3.05, 3.63) is 0 Å². The van der Waals surface area contributed by atoms with Crippen LogP contribution >= 0.6 is 0 Å². The lowest BCUT2D eigenvalue weighted by molar-refractivity contribution is -0.130. The summed E-state index contributed by atoms with van der Waals surface area (Å²) in [6, 6.07) is 0. The van der Waals surface area contributed by atoms with Crippen molar-refractivity contribution in [3.8, 4) is 0 Å². The molecular weight excluding hydrogens is 216 g/mol. The Labute approximate surface area is 104 Å².